The lowest BCUT2D eigenvalue weighted by molar-refractivity contribution is 0.324. The van der Waals surface area contributed by atoms with Gasteiger partial charge in [-0.15, -0.1) is 24.0 Å². The standard InChI is InChI=1S/C19H31N3O3.HI/c1-5-20-19(22-15-9-7-6-8-10-15)21-13-14-11-16(23-2)18(25-4)17(12-14)24-3;/h11-12,15H,5-10,13H2,1-4H3,(H2,20,21,22);1H. The Balaban J connectivity index is 0.00000338. The van der Waals surface area contributed by atoms with Crippen molar-refractivity contribution in [3.05, 3.63) is 17.7 Å². The zero-order valence-electron chi connectivity index (χ0n) is 16.3. The molecule has 1 aromatic rings. The van der Waals surface area contributed by atoms with Crippen molar-refractivity contribution in [1.82, 2.24) is 10.6 Å². The van der Waals surface area contributed by atoms with Crippen LogP contribution in [0.5, 0.6) is 17.2 Å². The van der Waals surface area contributed by atoms with Gasteiger partial charge < -0.3 is 24.8 Å². The van der Waals surface area contributed by atoms with Crippen LogP contribution in [-0.4, -0.2) is 39.9 Å². The van der Waals surface area contributed by atoms with Crippen LogP contribution in [-0.2, 0) is 6.54 Å². The quantitative estimate of drug-likeness (QED) is 0.356. The van der Waals surface area contributed by atoms with E-state index >= 15 is 0 Å². The highest BCUT2D eigenvalue weighted by atomic mass is 127. The molecule has 0 radical (unpaired) electrons. The van der Waals surface area contributed by atoms with E-state index in [1.54, 1.807) is 21.3 Å². The normalized spacial score (nSPS) is 15.0. The van der Waals surface area contributed by atoms with E-state index in [0.29, 0.717) is 29.8 Å². The van der Waals surface area contributed by atoms with Gasteiger partial charge in [-0.25, -0.2) is 4.99 Å². The molecule has 1 saturated carbocycles. The van der Waals surface area contributed by atoms with E-state index in [-0.39, 0.29) is 24.0 Å². The maximum atomic E-state index is 5.41. The largest absolute Gasteiger partial charge is 0.493 e. The molecule has 0 aliphatic heterocycles. The molecule has 1 aromatic carbocycles. The fraction of sp³-hybridized carbons (Fsp3) is 0.632. The van der Waals surface area contributed by atoms with Gasteiger partial charge in [-0.3, -0.25) is 0 Å². The molecular formula is C19H32IN3O3. The molecule has 1 aliphatic carbocycles. The number of hydrogen-bond acceptors (Lipinski definition) is 4. The number of ether oxygens (including phenoxy) is 3. The monoisotopic (exact) mass is 477 g/mol. The Morgan fingerprint density at radius 1 is 1.04 bits per heavy atom. The van der Waals surface area contributed by atoms with Crippen LogP contribution in [0.25, 0.3) is 0 Å². The highest BCUT2D eigenvalue weighted by Crippen LogP contribution is 2.38. The summed E-state index contributed by atoms with van der Waals surface area (Å²) >= 11 is 0. The second-order valence-electron chi connectivity index (χ2n) is 6.21. The third kappa shape index (κ3) is 6.41. The van der Waals surface area contributed by atoms with Crippen LogP contribution in [0.4, 0.5) is 0 Å². The van der Waals surface area contributed by atoms with Crippen molar-refractivity contribution in [2.45, 2.75) is 51.6 Å². The molecule has 0 bridgehead atoms. The average molecular weight is 477 g/mol. The molecule has 0 atom stereocenters. The fourth-order valence-electron chi connectivity index (χ4n) is 3.16. The summed E-state index contributed by atoms with van der Waals surface area (Å²) in [5, 5.41) is 6.89. The van der Waals surface area contributed by atoms with Crippen LogP contribution < -0.4 is 24.8 Å². The Morgan fingerprint density at radius 2 is 1.65 bits per heavy atom. The first-order chi connectivity index (χ1) is 12.2. The summed E-state index contributed by atoms with van der Waals surface area (Å²) in [7, 11) is 4.85. The van der Waals surface area contributed by atoms with Gasteiger partial charge in [0.15, 0.2) is 17.5 Å². The van der Waals surface area contributed by atoms with E-state index in [2.05, 4.69) is 17.6 Å². The van der Waals surface area contributed by atoms with Crippen molar-refractivity contribution in [3.8, 4) is 17.2 Å². The number of methoxy groups -OCH3 is 3. The van der Waals surface area contributed by atoms with Crippen molar-refractivity contribution < 1.29 is 14.2 Å². The molecule has 1 aliphatic rings. The lowest BCUT2D eigenvalue weighted by atomic mass is 9.96. The zero-order chi connectivity index (χ0) is 18.1. The highest BCUT2D eigenvalue weighted by molar-refractivity contribution is 14.0. The summed E-state index contributed by atoms with van der Waals surface area (Å²) in [6.45, 7) is 3.46. The van der Waals surface area contributed by atoms with E-state index in [9.17, 15) is 0 Å². The van der Waals surface area contributed by atoms with Gasteiger partial charge in [0.05, 0.1) is 27.9 Å². The first-order valence-electron chi connectivity index (χ1n) is 9.05. The van der Waals surface area contributed by atoms with Gasteiger partial charge in [0.25, 0.3) is 0 Å². The van der Waals surface area contributed by atoms with Crippen LogP contribution in [0.1, 0.15) is 44.6 Å². The van der Waals surface area contributed by atoms with E-state index in [0.717, 1.165) is 18.1 Å². The second kappa shape index (κ2) is 12.1. The number of halogens is 1. The molecule has 148 valence electrons. The molecule has 7 heteroatoms. The van der Waals surface area contributed by atoms with Gasteiger partial charge in [-0.2, -0.15) is 0 Å². The van der Waals surface area contributed by atoms with Gasteiger partial charge in [-0.1, -0.05) is 19.3 Å². The van der Waals surface area contributed by atoms with Crippen molar-refractivity contribution in [3.63, 3.8) is 0 Å². The van der Waals surface area contributed by atoms with Crippen molar-refractivity contribution in [1.29, 1.82) is 0 Å². The maximum absolute atomic E-state index is 5.41. The minimum atomic E-state index is 0. The lowest BCUT2D eigenvalue weighted by Gasteiger charge is -2.25. The van der Waals surface area contributed by atoms with Gasteiger partial charge >= 0.3 is 0 Å². The molecule has 1 fully saturated rings. The summed E-state index contributed by atoms with van der Waals surface area (Å²) < 4.78 is 16.2. The Labute approximate surface area is 174 Å². The number of aliphatic imine (C=N–C) groups is 1. The second-order valence-corrected chi connectivity index (χ2v) is 6.21. The Hall–Kier alpha value is -1.38. The predicted octanol–water partition coefficient (Wildman–Crippen LogP) is 3.72. The smallest absolute Gasteiger partial charge is 0.203 e. The van der Waals surface area contributed by atoms with E-state index < -0.39 is 0 Å². The highest BCUT2D eigenvalue weighted by Gasteiger charge is 2.15. The Bertz CT molecular complexity index is 550. The molecule has 26 heavy (non-hydrogen) atoms. The third-order valence-electron chi connectivity index (χ3n) is 4.43. The molecule has 0 heterocycles. The van der Waals surface area contributed by atoms with Gasteiger partial charge in [0.1, 0.15) is 0 Å². The molecular weight excluding hydrogens is 445 g/mol. The van der Waals surface area contributed by atoms with Crippen LogP contribution in [0.3, 0.4) is 0 Å². The maximum Gasteiger partial charge on any atom is 0.203 e. The summed E-state index contributed by atoms with van der Waals surface area (Å²) in [4.78, 5) is 4.73. The van der Waals surface area contributed by atoms with E-state index in [1.165, 1.54) is 32.1 Å². The topological polar surface area (TPSA) is 64.1 Å². The average Bonchev–Trinajstić information content (AvgIpc) is 2.66. The van der Waals surface area contributed by atoms with Gasteiger partial charge in [0, 0.05) is 12.6 Å². The summed E-state index contributed by atoms with van der Waals surface area (Å²) in [6, 6.07) is 4.40. The minimum absolute atomic E-state index is 0. The van der Waals surface area contributed by atoms with Crippen molar-refractivity contribution >= 4 is 29.9 Å². The number of guanidine groups is 1. The molecule has 2 N–H and O–H groups in total. The molecule has 0 saturated heterocycles. The Morgan fingerprint density at radius 3 is 2.15 bits per heavy atom. The van der Waals surface area contributed by atoms with Crippen LogP contribution in [0, 0.1) is 0 Å². The molecule has 0 amide bonds. The molecule has 0 unspecified atom stereocenters. The number of rotatable bonds is 7. The number of nitrogens with zero attached hydrogens (tertiary/aromatic N) is 1. The minimum Gasteiger partial charge on any atom is -0.493 e. The summed E-state index contributed by atoms with van der Waals surface area (Å²) in [5.74, 6) is 2.77. The fourth-order valence-corrected chi connectivity index (χ4v) is 3.16. The third-order valence-corrected chi connectivity index (χ3v) is 4.43. The molecule has 0 spiro atoms. The van der Waals surface area contributed by atoms with Crippen LogP contribution >= 0.6 is 24.0 Å². The first-order valence-corrected chi connectivity index (χ1v) is 9.05. The number of nitrogens with one attached hydrogen (secondary N) is 2. The molecule has 0 aromatic heterocycles. The van der Waals surface area contributed by atoms with Crippen LogP contribution in [0.2, 0.25) is 0 Å². The summed E-state index contributed by atoms with van der Waals surface area (Å²) in [6.07, 6.45) is 6.37. The number of benzene rings is 1. The van der Waals surface area contributed by atoms with Gasteiger partial charge in [-0.05, 0) is 37.5 Å². The summed E-state index contributed by atoms with van der Waals surface area (Å²) in [5.41, 5.74) is 1.01. The molecule has 6 nitrogen and oxygen atoms in total. The van der Waals surface area contributed by atoms with Crippen molar-refractivity contribution in [2.75, 3.05) is 27.9 Å². The Kier molecular flexibility index (Phi) is 10.5. The number of hydrogen-bond donors (Lipinski definition) is 2. The van der Waals surface area contributed by atoms with Gasteiger partial charge in [0.2, 0.25) is 5.75 Å². The van der Waals surface area contributed by atoms with E-state index in [4.69, 9.17) is 19.2 Å². The van der Waals surface area contributed by atoms with Crippen LogP contribution in [0.15, 0.2) is 17.1 Å². The predicted molar refractivity (Wildman–Crippen MR) is 116 cm³/mol. The lowest BCUT2D eigenvalue weighted by Crippen LogP contribution is -2.44. The molecule has 2 rings (SSSR count). The van der Waals surface area contributed by atoms with Crippen molar-refractivity contribution in [2.24, 2.45) is 4.99 Å². The first kappa shape index (κ1) is 22.7. The van der Waals surface area contributed by atoms with E-state index in [1.807, 2.05) is 12.1 Å². The zero-order valence-corrected chi connectivity index (χ0v) is 18.6. The SMILES string of the molecule is CCNC(=NCc1cc(OC)c(OC)c(OC)c1)NC1CCCCC1.I.